The second-order valence-corrected chi connectivity index (χ2v) is 7.06. The number of fused-ring (bicyclic) bond motifs is 1. The molecule has 5 nitrogen and oxygen atoms in total. The topological polar surface area (TPSA) is 80.9 Å². The first-order valence-electron chi connectivity index (χ1n) is 7.51. The molecule has 3 aromatic rings. The zero-order chi connectivity index (χ0) is 16.0. The molecule has 2 aromatic carbocycles. The third-order valence-corrected chi connectivity index (χ3v) is 4.90. The van der Waals surface area contributed by atoms with Gasteiger partial charge in [0.25, 0.3) is 5.91 Å². The van der Waals surface area contributed by atoms with Crippen LogP contribution in [0.1, 0.15) is 33.3 Å². The predicted octanol–water partition coefficient (Wildman–Crippen LogP) is 3.91. The zero-order valence-corrected chi connectivity index (χ0v) is 15.9. The number of benzene rings is 2. The quantitative estimate of drug-likeness (QED) is 0.702. The number of carbonyl (C=O) groups is 1. The lowest BCUT2D eigenvalue weighted by Gasteiger charge is -2.09. The molecule has 4 rings (SSSR count). The number of aryl methyl sites for hydroxylation is 1. The molecule has 0 bridgehead atoms. The standard InChI is InChI=1S/C17H16N4OS.2ClH/c1-9-20-21-17(23-9)19-16(22)14-7-11(13-8-15(13)18)6-10-4-2-3-5-12(10)14;;/h2-7,13,15H,8,18H2,1H3,(H,19,21,22);2*1H. The Morgan fingerprint density at radius 1 is 1.24 bits per heavy atom. The molecule has 0 spiro atoms. The average molecular weight is 397 g/mol. The summed E-state index contributed by atoms with van der Waals surface area (Å²) in [5.74, 6) is 0.198. The van der Waals surface area contributed by atoms with E-state index in [4.69, 9.17) is 5.73 Å². The molecule has 1 fully saturated rings. The number of amides is 1. The Kier molecular flexibility index (Phi) is 6.00. The minimum absolute atomic E-state index is 0. The Hall–Kier alpha value is -1.73. The van der Waals surface area contributed by atoms with Crippen LogP contribution in [0.25, 0.3) is 10.8 Å². The summed E-state index contributed by atoms with van der Waals surface area (Å²) in [6.45, 7) is 1.86. The molecule has 2 atom stereocenters. The van der Waals surface area contributed by atoms with E-state index in [1.165, 1.54) is 11.3 Å². The van der Waals surface area contributed by atoms with Gasteiger partial charge in [-0.2, -0.15) is 0 Å². The number of nitrogens with one attached hydrogen (secondary N) is 1. The highest BCUT2D eigenvalue weighted by Crippen LogP contribution is 2.40. The van der Waals surface area contributed by atoms with Crippen LogP contribution in [0.2, 0.25) is 0 Å². The average Bonchev–Trinajstić information content (AvgIpc) is 3.14. The van der Waals surface area contributed by atoms with Gasteiger partial charge < -0.3 is 5.73 Å². The summed E-state index contributed by atoms with van der Waals surface area (Å²) >= 11 is 1.37. The summed E-state index contributed by atoms with van der Waals surface area (Å²) in [4.78, 5) is 12.7. The molecule has 132 valence electrons. The fourth-order valence-corrected chi connectivity index (χ4v) is 3.43. The van der Waals surface area contributed by atoms with Crippen molar-refractivity contribution in [3.05, 3.63) is 52.5 Å². The number of aromatic nitrogens is 2. The van der Waals surface area contributed by atoms with Crippen LogP contribution < -0.4 is 11.1 Å². The van der Waals surface area contributed by atoms with Gasteiger partial charge in [-0.05, 0) is 35.7 Å². The van der Waals surface area contributed by atoms with Gasteiger partial charge in [-0.15, -0.1) is 35.0 Å². The van der Waals surface area contributed by atoms with Crippen LogP contribution in [0.15, 0.2) is 36.4 Å². The number of carbonyl (C=O) groups excluding carboxylic acids is 1. The first kappa shape index (κ1) is 19.6. The Morgan fingerprint density at radius 2 is 1.96 bits per heavy atom. The highest BCUT2D eigenvalue weighted by molar-refractivity contribution is 7.15. The molecule has 1 aromatic heterocycles. The fraction of sp³-hybridized carbons (Fsp3) is 0.235. The fourth-order valence-electron chi connectivity index (χ4n) is 2.85. The largest absolute Gasteiger partial charge is 0.327 e. The zero-order valence-electron chi connectivity index (χ0n) is 13.4. The Morgan fingerprint density at radius 3 is 2.60 bits per heavy atom. The summed E-state index contributed by atoms with van der Waals surface area (Å²) < 4.78 is 0. The van der Waals surface area contributed by atoms with E-state index in [9.17, 15) is 4.79 Å². The van der Waals surface area contributed by atoms with Crippen LogP contribution >= 0.6 is 36.2 Å². The van der Waals surface area contributed by atoms with Crippen LogP contribution in [-0.2, 0) is 0 Å². The molecule has 1 aliphatic carbocycles. The van der Waals surface area contributed by atoms with E-state index in [0.29, 0.717) is 16.6 Å². The van der Waals surface area contributed by atoms with Crippen molar-refractivity contribution in [1.82, 2.24) is 10.2 Å². The van der Waals surface area contributed by atoms with Gasteiger partial charge in [0.15, 0.2) is 0 Å². The molecule has 25 heavy (non-hydrogen) atoms. The van der Waals surface area contributed by atoms with Gasteiger partial charge >= 0.3 is 0 Å². The molecular weight excluding hydrogens is 379 g/mol. The van der Waals surface area contributed by atoms with Gasteiger partial charge in [-0.1, -0.05) is 41.7 Å². The van der Waals surface area contributed by atoms with E-state index in [2.05, 4.69) is 21.6 Å². The van der Waals surface area contributed by atoms with Crippen LogP contribution in [0.5, 0.6) is 0 Å². The van der Waals surface area contributed by atoms with Crippen molar-refractivity contribution in [2.75, 3.05) is 5.32 Å². The second-order valence-electron chi connectivity index (χ2n) is 5.88. The van der Waals surface area contributed by atoms with E-state index in [-0.39, 0.29) is 36.8 Å². The molecule has 1 aliphatic rings. The molecule has 3 N–H and O–H groups in total. The monoisotopic (exact) mass is 396 g/mol. The van der Waals surface area contributed by atoms with Crippen LogP contribution in [0, 0.1) is 6.92 Å². The number of nitrogens with zero attached hydrogens (tertiary/aromatic N) is 2. The Bertz CT molecular complexity index is 915. The lowest BCUT2D eigenvalue weighted by Crippen LogP contribution is -2.13. The van der Waals surface area contributed by atoms with E-state index < -0.39 is 0 Å². The molecular formula is C17H18Cl2N4OS. The maximum atomic E-state index is 12.7. The predicted molar refractivity (Wildman–Crippen MR) is 106 cm³/mol. The molecule has 1 heterocycles. The van der Waals surface area contributed by atoms with Crippen molar-refractivity contribution >= 4 is 58.0 Å². The van der Waals surface area contributed by atoms with Gasteiger partial charge in [0.2, 0.25) is 5.13 Å². The van der Waals surface area contributed by atoms with Crippen LogP contribution in [-0.4, -0.2) is 22.1 Å². The number of halogens is 2. The van der Waals surface area contributed by atoms with E-state index in [1.54, 1.807) is 0 Å². The van der Waals surface area contributed by atoms with Gasteiger partial charge in [-0.25, -0.2) is 0 Å². The molecule has 8 heteroatoms. The summed E-state index contributed by atoms with van der Waals surface area (Å²) in [5.41, 5.74) is 7.77. The van der Waals surface area contributed by atoms with Crippen molar-refractivity contribution in [2.24, 2.45) is 5.73 Å². The van der Waals surface area contributed by atoms with Crippen molar-refractivity contribution in [2.45, 2.75) is 25.3 Å². The number of hydrogen-bond acceptors (Lipinski definition) is 5. The van der Waals surface area contributed by atoms with Gasteiger partial charge in [0.05, 0.1) is 0 Å². The number of hydrogen-bond donors (Lipinski definition) is 2. The maximum absolute atomic E-state index is 12.7. The SMILES string of the molecule is Cc1nnc(NC(=O)c2cc(C3CC3N)cc3ccccc23)s1.Cl.Cl. The minimum atomic E-state index is -0.159. The third-order valence-electron chi connectivity index (χ3n) is 4.14. The van der Waals surface area contributed by atoms with Crippen LogP contribution in [0.3, 0.4) is 0 Å². The maximum Gasteiger partial charge on any atom is 0.258 e. The van der Waals surface area contributed by atoms with Crippen molar-refractivity contribution in [3.63, 3.8) is 0 Å². The lowest BCUT2D eigenvalue weighted by molar-refractivity contribution is 0.102. The normalized spacial score (nSPS) is 18.2. The van der Waals surface area contributed by atoms with Gasteiger partial charge in [-0.3, -0.25) is 10.1 Å². The third kappa shape index (κ3) is 3.93. The molecule has 2 unspecified atom stereocenters. The number of rotatable bonds is 3. The van der Waals surface area contributed by atoms with E-state index >= 15 is 0 Å². The first-order chi connectivity index (χ1) is 11.1. The second kappa shape index (κ2) is 7.66. The van der Waals surface area contributed by atoms with Gasteiger partial charge in [0.1, 0.15) is 5.01 Å². The van der Waals surface area contributed by atoms with Crippen LogP contribution in [0.4, 0.5) is 5.13 Å². The van der Waals surface area contributed by atoms with Crippen molar-refractivity contribution in [1.29, 1.82) is 0 Å². The van der Waals surface area contributed by atoms with Gasteiger partial charge in [0, 0.05) is 17.5 Å². The number of anilines is 1. The molecule has 0 saturated heterocycles. The van der Waals surface area contributed by atoms with E-state index in [0.717, 1.165) is 27.8 Å². The van der Waals surface area contributed by atoms with Crippen molar-refractivity contribution in [3.8, 4) is 0 Å². The molecule has 1 saturated carbocycles. The summed E-state index contributed by atoms with van der Waals surface area (Å²) in [5, 5.41) is 14.1. The summed E-state index contributed by atoms with van der Waals surface area (Å²) in [6.07, 6.45) is 0.981. The molecule has 0 aliphatic heterocycles. The highest BCUT2D eigenvalue weighted by Gasteiger charge is 2.35. The lowest BCUT2D eigenvalue weighted by atomic mass is 9.98. The Balaban J connectivity index is 0.00000113. The van der Waals surface area contributed by atoms with E-state index in [1.807, 2.05) is 37.3 Å². The highest BCUT2D eigenvalue weighted by atomic mass is 35.5. The number of nitrogens with two attached hydrogens (primary N) is 1. The molecule has 1 amide bonds. The Labute approximate surface area is 161 Å². The minimum Gasteiger partial charge on any atom is -0.327 e. The summed E-state index contributed by atoms with van der Waals surface area (Å²) in [6, 6.07) is 12.2. The summed E-state index contributed by atoms with van der Waals surface area (Å²) in [7, 11) is 0. The smallest absolute Gasteiger partial charge is 0.258 e. The molecule has 0 radical (unpaired) electrons. The first-order valence-corrected chi connectivity index (χ1v) is 8.33. The van der Waals surface area contributed by atoms with Crippen molar-refractivity contribution < 1.29 is 4.79 Å².